The van der Waals surface area contributed by atoms with Gasteiger partial charge in [0.25, 0.3) is 12.0 Å². The second kappa shape index (κ2) is 11.9. The Balaban J connectivity index is 0.000000505. The summed E-state index contributed by atoms with van der Waals surface area (Å²) in [6.45, 7) is 8.50. The van der Waals surface area contributed by atoms with Crippen molar-refractivity contribution >= 4 is 6.47 Å². The highest BCUT2D eigenvalue weighted by Gasteiger charge is 2.50. The first-order valence-corrected chi connectivity index (χ1v) is 12.8. The Bertz CT molecular complexity index is 1150. The molecule has 4 unspecified atom stereocenters. The molecule has 2 bridgehead atoms. The minimum absolute atomic E-state index is 0.111. The van der Waals surface area contributed by atoms with Crippen LogP contribution in [0.2, 0.25) is 0 Å². The number of aromatic nitrogens is 2. The first kappa shape index (κ1) is 29.7. The van der Waals surface area contributed by atoms with Crippen LogP contribution in [0.15, 0.2) is 29.1 Å². The third-order valence-corrected chi connectivity index (χ3v) is 7.02. The average Bonchev–Trinajstić information content (AvgIpc) is 3.09. The zero-order chi connectivity index (χ0) is 28.3. The van der Waals surface area contributed by atoms with E-state index >= 15 is 0 Å². The molecule has 0 aliphatic carbocycles. The molecule has 3 N–H and O–H groups in total. The number of carbonyl (C=O) groups excluding carboxylic acids is 1. The molecule has 3 aliphatic rings. The van der Waals surface area contributed by atoms with E-state index < -0.39 is 23.1 Å². The molecule has 1 aromatic heterocycles. The third kappa shape index (κ3) is 6.23. The van der Waals surface area contributed by atoms with Gasteiger partial charge < -0.3 is 19.7 Å². The smallest absolute Gasteiger partial charge is 0.296 e. The molecule has 2 aromatic rings. The zero-order valence-electron chi connectivity index (χ0n) is 22.9. The summed E-state index contributed by atoms with van der Waals surface area (Å²) in [6.07, 6.45) is 0.708. The van der Waals surface area contributed by atoms with E-state index in [0.29, 0.717) is 25.3 Å². The van der Waals surface area contributed by atoms with Crippen LogP contribution in [0, 0.1) is 5.82 Å². The Labute approximate surface area is 222 Å². The van der Waals surface area contributed by atoms with Gasteiger partial charge >= 0.3 is 0 Å². The number of rotatable bonds is 7. The van der Waals surface area contributed by atoms with Gasteiger partial charge in [-0.2, -0.15) is 0 Å². The Morgan fingerprint density at radius 3 is 2.47 bits per heavy atom. The van der Waals surface area contributed by atoms with Crippen molar-refractivity contribution in [2.45, 2.75) is 83.0 Å². The van der Waals surface area contributed by atoms with Gasteiger partial charge in [0.05, 0.1) is 18.8 Å². The SMILES string of the molecule is CC(C)(C)OC=O.CCC1C2CCC(N(C)C)(CO2)c2nc(C(O)NCc3ccc(F)cc3)c(O)c(=O)n21. The molecule has 11 heteroatoms. The minimum atomic E-state index is -1.37. The van der Waals surface area contributed by atoms with Gasteiger partial charge in [0.15, 0.2) is 6.23 Å². The van der Waals surface area contributed by atoms with Crippen molar-refractivity contribution in [1.29, 1.82) is 0 Å². The van der Waals surface area contributed by atoms with Crippen LogP contribution < -0.4 is 10.9 Å². The second-order valence-corrected chi connectivity index (χ2v) is 10.9. The van der Waals surface area contributed by atoms with E-state index in [-0.39, 0.29) is 35.8 Å². The van der Waals surface area contributed by atoms with Crippen molar-refractivity contribution < 1.29 is 28.9 Å². The molecule has 38 heavy (non-hydrogen) atoms. The van der Waals surface area contributed by atoms with E-state index in [1.807, 2.05) is 46.7 Å². The van der Waals surface area contributed by atoms with Gasteiger partial charge in [-0.25, -0.2) is 9.37 Å². The number of aliphatic hydroxyl groups is 1. The van der Waals surface area contributed by atoms with Gasteiger partial charge in [-0.3, -0.25) is 24.4 Å². The summed E-state index contributed by atoms with van der Waals surface area (Å²) < 4.78 is 25.4. The van der Waals surface area contributed by atoms with Crippen molar-refractivity contribution in [3.8, 4) is 5.75 Å². The molecule has 210 valence electrons. The van der Waals surface area contributed by atoms with Crippen molar-refractivity contribution in [1.82, 2.24) is 19.8 Å². The second-order valence-electron chi connectivity index (χ2n) is 10.9. The monoisotopic (exact) mass is 534 g/mol. The van der Waals surface area contributed by atoms with E-state index in [4.69, 9.17) is 4.74 Å². The lowest BCUT2D eigenvalue weighted by molar-refractivity contribution is -0.138. The Kier molecular flexibility index (Phi) is 9.30. The zero-order valence-corrected chi connectivity index (χ0v) is 22.9. The molecule has 5 rings (SSSR count). The number of carbonyl (C=O) groups is 1. The van der Waals surface area contributed by atoms with Crippen LogP contribution in [-0.4, -0.2) is 63.5 Å². The highest BCUT2D eigenvalue weighted by molar-refractivity contribution is 5.37. The van der Waals surface area contributed by atoms with Crippen molar-refractivity contribution in [2.75, 3.05) is 20.7 Å². The average molecular weight is 535 g/mol. The number of nitrogens with zero attached hydrogens (tertiary/aromatic N) is 3. The minimum Gasteiger partial charge on any atom is -0.502 e. The maximum atomic E-state index is 13.3. The maximum Gasteiger partial charge on any atom is 0.296 e. The molecular formula is C27H39FN4O6. The number of likely N-dealkylation sites (N-methyl/N-ethyl adjacent to an activating group) is 1. The van der Waals surface area contributed by atoms with Gasteiger partial charge in [-0.05, 0) is 71.8 Å². The number of benzene rings is 1. The highest BCUT2D eigenvalue weighted by atomic mass is 19.1. The lowest BCUT2D eigenvalue weighted by Crippen LogP contribution is -2.50. The normalized spacial score (nSPS) is 23.2. The molecule has 0 radical (unpaired) electrons. The summed E-state index contributed by atoms with van der Waals surface area (Å²) >= 11 is 0. The number of halogens is 1. The fraction of sp³-hybridized carbons (Fsp3) is 0.593. The predicted octanol–water partition coefficient (Wildman–Crippen LogP) is 2.73. The molecule has 1 aromatic carbocycles. The number of ether oxygens (including phenoxy) is 2. The maximum absolute atomic E-state index is 13.3. The molecule has 3 aliphatic heterocycles. The number of aliphatic hydroxyl groups excluding tert-OH is 1. The van der Waals surface area contributed by atoms with Crippen LogP contribution in [0.1, 0.15) is 76.3 Å². The molecule has 4 atom stereocenters. The van der Waals surface area contributed by atoms with Crippen LogP contribution in [-0.2, 0) is 26.4 Å². The molecule has 0 spiro atoms. The quantitative estimate of drug-likeness (QED) is 0.363. The number of hydrogen-bond acceptors (Lipinski definition) is 9. The summed E-state index contributed by atoms with van der Waals surface area (Å²) in [4.78, 5) is 29.5. The van der Waals surface area contributed by atoms with Crippen LogP contribution >= 0.6 is 0 Å². The molecular weight excluding hydrogens is 495 g/mol. The first-order chi connectivity index (χ1) is 17.8. The van der Waals surface area contributed by atoms with Gasteiger partial charge in [-0.1, -0.05) is 19.1 Å². The van der Waals surface area contributed by atoms with Gasteiger partial charge in [0.1, 0.15) is 28.5 Å². The molecule has 10 nitrogen and oxygen atoms in total. The van der Waals surface area contributed by atoms with E-state index in [9.17, 15) is 24.2 Å². The standard InChI is InChI=1S/C22H29FN4O4.C5H10O2/c1-4-15-16-9-10-22(12-31-16,26(2)3)21-25-17(18(28)20(30)27(15)21)19(29)24-11-13-5-7-14(23)8-6-13;1-5(2,3)7-4-6/h5-8,15-16,19,24,28-29H,4,9-12H2,1-3H3;4H,1-3H3. The summed E-state index contributed by atoms with van der Waals surface area (Å²) in [5.74, 6) is -0.416. The molecule has 0 saturated carbocycles. The Morgan fingerprint density at radius 1 is 1.34 bits per heavy atom. The molecule has 4 heterocycles. The van der Waals surface area contributed by atoms with Crippen LogP contribution in [0.3, 0.4) is 0 Å². The topological polar surface area (TPSA) is 126 Å². The van der Waals surface area contributed by atoms with Gasteiger partial charge in [-0.15, -0.1) is 0 Å². The van der Waals surface area contributed by atoms with Crippen molar-refractivity contribution in [3.63, 3.8) is 0 Å². The van der Waals surface area contributed by atoms with Crippen molar-refractivity contribution in [3.05, 3.63) is 57.5 Å². The summed E-state index contributed by atoms with van der Waals surface area (Å²) in [6, 6.07) is 5.61. The summed E-state index contributed by atoms with van der Waals surface area (Å²) in [5, 5.41) is 24.3. The third-order valence-electron chi connectivity index (χ3n) is 7.02. The van der Waals surface area contributed by atoms with Crippen LogP contribution in [0.4, 0.5) is 4.39 Å². The Hall–Kier alpha value is -2.86. The van der Waals surface area contributed by atoms with E-state index in [1.165, 1.54) is 12.1 Å². The lowest BCUT2D eigenvalue weighted by Gasteiger charge is -2.41. The Morgan fingerprint density at radius 2 is 2.00 bits per heavy atom. The van der Waals surface area contributed by atoms with Crippen molar-refractivity contribution in [2.24, 2.45) is 0 Å². The van der Waals surface area contributed by atoms with Gasteiger partial charge in [0.2, 0.25) is 5.75 Å². The number of aromatic hydroxyl groups is 1. The largest absolute Gasteiger partial charge is 0.502 e. The molecule has 1 saturated heterocycles. The predicted molar refractivity (Wildman–Crippen MR) is 139 cm³/mol. The van der Waals surface area contributed by atoms with E-state index in [2.05, 4.69) is 15.0 Å². The van der Waals surface area contributed by atoms with Gasteiger partial charge in [0, 0.05) is 6.54 Å². The van der Waals surface area contributed by atoms with E-state index in [0.717, 1.165) is 18.4 Å². The van der Waals surface area contributed by atoms with E-state index in [1.54, 1.807) is 16.7 Å². The van der Waals surface area contributed by atoms with Crippen LogP contribution in [0.5, 0.6) is 5.75 Å². The summed E-state index contributed by atoms with van der Waals surface area (Å²) in [5.41, 5.74) is -0.882. The number of nitrogens with one attached hydrogen (secondary N) is 1. The molecule has 0 amide bonds. The fourth-order valence-corrected chi connectivity index (χ4v) is 4.85. The number of hydrogen-bond donors (Lipinski definition) is 3. The van der Waals surface area contributed by atoms with Crippen LogP contribution in [0.25, 0.3) is 0 Å². The molecule has 1 fully saturated rings. The first-order valence-electron chi connectivity index (χ1n) is 12.8. The summed E-state index contributed by atoms with van der Waals surface area (Å²) in [7, 11) is 3.84. The highest BCUT2D eigenvalue weighted by Crippen LogP contribution is 2.44. The number of fused-ring (bicyclic) bond motifs is 2. The fourth-order valence-electron chi connectivity index (χ4n) is 4.85. The lowest BCUT2D eigenvalue weighted by atomic mass is 9.88.